The van der Waals surface area contributed by atoms with Crippen molar-refractivity contribution in [2.45, 2.75) is 19.8 Å². The van der Waals surface area contributed by atoms with Crippen LogP contribution in [0.1, 0.15) is 18.9 Å². The molecule has 0 bridgehead atoms. The third-order valence-electron chi connectivity index (χ3n) is 3.12. The normalized spacial score (nSPS) is 16.8. The van der Waals surface area contributed by atoms with Gasteiger partial charge in [-0.1, -0.05) is 18.2 Å². The standard InChI is InChI=1S/C15H18N2O/c1-2-3-6-9-16-15(18)13-10-12-7-4-5-8-14(12)17-11-13/h4-5,7-8,13,17H,6,9-11H2,1H3,(H,16,18). The molecule has 0 saturated carbocycles. The maximum absolute atomic E-state index is 12.0. The molecule has 2 N–H and O–H groups in total. The van der Waals surface area contributed by atoms with E-state index >= 15 is 0 Å². The van der Waals surface area contributed by atoms with Crippen LogP contribution in [-0.2, 0) is 11.2 Å². The summed E-state index contributed by atoms with van der Waals surface area (Å²) in [6.07, 6.45) is 1.54. The molecule has 1 aliphatic rings. The van der Waals surface area contributed by atoms with Crippen molar-refractivity contribution in [2.24, 2.45) is 5.92 Å². The van der Waals surface area contributed by atoms with Gasteiger partial charge in [-0.3, -0.25) is 4.79 Å². The van der Waals surface area contributed by atoms with Gasteiger partial charge >= 0.3 is 0 Å². The Balaban J connectivity index is 1.88. The van der Waals surface area contributed by atoms with E-state index in [1.54, 1.807) is 0 Å². The molecule has 1 aliphatic heterocycles. The van der Waals surface area contributed by atoms with Crippen LogP contribution in [0.4, 0.5) is 5.69 Å². The third kappa shape index (κ3) is 3.04. The number of carbonyl (C=O) groups is 1. The molecular formula is C15H18N2O. The van der Waals surface area contributed by atoms with Gasteiger partial charge in [0.1, 0.15) is 0 Å². The first kappa shape index (κ1) is 12.5. The molecule has 1 amide bonds. The van der Waals surface area contributed by atoms with E-state index < -0.39 is 0 Å². The van der Waals surface area contributed by atoms with E-state index in [-0.39, 0.29) is 11.8 Å². The molecule has 1 heterocycles. The summed E-state index contributed by atoms with van der Waals surface area (Å²) >= 11 is 0. The molecule has 0 saturated heterocycles. The summed E-state index contributed by atoms with van der Waals surface area (Å²) in [4.78, 5) is 12.0. The number of fused-ring (bicyclic) bond motifs is 1. The lowest BCUT2D eigenvalue weighted by atomic mass is 9.93. The van der Waals surface area contributed by atoms with Crippen molar-refractivity contribution in [2.75, 3.05) is 18.4 Å². The van der Waals surface area contributed by atoms with Crippen LogP contribution >= 0.6 is 0 Å². The summed E-state index contributed by atoms with van der Waals surface area (Å²) in [5, 5.41) is 6.24. The maximum atomic E-state index is 12.0. The molecule has 1 aromatic carbocycles. The number of benzene rings is 1. The van der Waals surface area contributed by atoms with Crippen LogP contribution in [0.2, 0.25) is 0 Å². The second kappa shape index (κ2) is 6.11. The fourth-order valence-electron chi connectivity index (χ4n) is 2.14. The molecule has 3 heteroatoms. The zero-order chi connectivity index (χ0) is 12.8. The predicted molar refractivity (Wildman–Crippen MR) is 73.2 cm³/mol. The molecule has 3 nitrogen and oxygen atoms in total. The number of hydrogen-bond acceptors (Lipinski definition) is 2. The van der Waals surface area contributed by atoms with Gasteiger partial charge < -0.3 is 10.6 Å². The summed E-state index contributed by atoms with van der Waals surface area (Å²) in [7, 11) is 0. The second-order valence-corrected chi connectivity index (χ2v) is 4.41. The minimum Gasteiger partial charge on any atom is -0.384 e. The summed E-state index contributed by atoms with van der Waals surface area (Å²) in [5.41, 5.74) is 2.37. The topological polar surface area (TPSA) is 41.1 Å². The molecule has 0 aromatic heterocycles. The lowest BCUT2D eigenvalue weighted by molar-refractivity contribution is -0.124. The van der Waals surface area contributed by atoms with E-state index in [9.17, 15) is 4.79 Å². The number of carbonyl (C=O) groups excluding carboxylic acids is 1. The van der Waals surface area contributed by atoms with Crippen molar-refractivity contribution in [1.82, 2.24) is 5.32 Å². The van der Waals surface area contributed by atoms with Crippen LogP contribution in [0.15, 0.2) is 24.3 Å². The van der Waals surface area contributed by atoms with E-state index in [0.29, 0.717) is 13.1 Å². The lowest BCUT2D eigenvalue weighted by Gasteiger charge is -2.25. The van der Waals surface area contributed by atoms with Gasteiger partial charge in [0.05, 0.1) is 5.92 Å². The average Bonchev–Trinajstić information content (AvgIpc) is 2.43. The van der Waals surface area contributed by atoms with Crippen molar-refractivity contribution in [3.05, 3.63) is 29.8 Å². The molecule has 1 atom stereocenters. The van der Waals surface area contributed by atoms with Gasteiger partial charge in [-0.25, -0.2) is 0 Å². The van der Waals surface area contributed by atoms with Gasteiger partial charge in [-0.2, -0.15) is 0 Å². The van der Waals surface area contributed by atoms with Gasteiger partial charge in [-0.05, 0) is 25.0 Å². The summed E-state index contributed by atoms with van der Waals surface area (Å²) in [6.45, 7) is 3.16. The van der Waals surface area contributed by atoms with Gasteiger partial charge in [0, 0.05) is 25.2 Å². The van der Waals surface area contributed by atoms with E-state index in [4.69, 9.17) is 0 Å². The summed E-state index contributed by atoms with van der Waals surface area (Å²) in [6, 6.07) is 8.15. The second-order valence-electron chi connectivity index (χ2n) is 4.41. The van der Waals surface area contributed by atoms with Crippen LogP contribution in [0, 0.1) is 17.8 Å². The highest BCUT2D eigenvalue weighted by Gasteiger charge is 2.23. The van der Waals surface area contributed by atoms with Gasteiger partial charge in [0.25, 0.3) is 0 Å². The number of nitrogens with one attached hydrogen (secondary N) is 2. The van der Waals surface area contributed by atoms with Crippen molar-refractivity contribution >= 4 is 11.6 Å². The maximum Gasteiger partial charge on any atom is 0.225 e. The molecular weight excluding hydrogens is 224 g/mol. The van der Waals surface area contributed by atoms with Crippen LogP contribution in [-0.4, -0.2) is 19.0 Å². The molecule has 0 aliphatic carbocycles. The highest BCUT2D eigenvalue weighted by Crippen LogP contribution is 2.24. The fraction of sp³-hybridized carbons (Fsp3) is 0.400. The fourth-order valence-corrected chi connectivity index (χ4v) is 2.14. The molecule has 0 radical (unpaired) electrons. The Labute approximate surface area is 108 Å². The van der Waals surface area contributed by atoms with Gasteiger partial charge in [0.15, 0.2) is 0 Å². The quantitative estimate of drug-likeness (QED) is 0.627. The van der Waals surface area contributed by atoms with E-state index in [1.165, 1.54) is 5.56 Å². The highest BCUT2D eigenvalue weighted by atomic mass is 16.1. The number of anilines is 1. The Morgan fingerprint density at radius 2 is 2.33 bits per heavy atom. The van der Waals surface area contributed by atoms with Crippen LogP contribution in [0.25, 0.3) is 0 Å². The van der Waals surface area contributed by atoms with E-state index in [0.717, 1.165) is 18.5 Å². The average molecular weight is 242 g/mol. The largest absolute Gasteiger partial charge is 0.384 e. The van der Waals surface area contributed by atoms with Crippen molar-refractivity contribution in [3.63, 3.8) is 0 Å². The van der Waals surface area contributed by atoms with E-state index in [2.05, 4.69) is 34.6 Å². The first-order valence-corrected chi connectivity index (χ1v) is 6.30. The Morgan fingerprint density at radius 1 is 1.50 bits per heavy atom. The molecule has 94 valence electrons. The number of hydrogen-bond donors (Lipinski definition) is 2. The van der Waals surface area contributed by atoms with Crippen LogP contribution in [0.3, 0.4) is 0 Å². The molecule has 0 spiro atoms. The van der Waals surface area contributed by atoms with Crippen LogP contribution in [0.5, 0.6) is 0 Å². The minimum absolute atomic E-state index is 0.0227. The van der Waals surface area contributed by atoms with E-state index in [1.807, 2.05) is 19.1 Å². The zero-order valence-corrected chi connectivity index (χ0v) is 10.6. The molecule has 0 fully saturated rings. The van der Waals surface area contributed by atoms with Gasteiger partial charge in [0.2, 0.25) is 5.91 Å². The van der Waals surface area contributed by atoms with Crippen molar-refractivity contribution in [1.29, 1.82) is 0 Å². The molecule has 18 heavy (non-hydrogen) atoms. The number of para-hydroxylation sites is 1. The highest BCUT2D eigenvalue weighted by molar-refractivity contribution is 5.80. The molecule has 1 unspecified atom stereocenters. The Hall–Kier alpha value is -1.95. The molecule has 2 rings (SSSR count). The summed E-state index contributed by atoms with van der Waals surface area (Å²) < 4.78 is 0. The number of amides is 1. The summed E-state index contributed by atoms with van der Waals surface area (Å²) in [5.74, 6) is 5.91. The van der Waals surface area contributed by atoms with Gasteiger partial charge in [-0.15, -0.1) is 11.8 Å². The monoisotopic (exact) mass is 242 g/mol. The Morgan fingerprint density at radius 3 is 3.17 bits per heavy atom. The SMILES string of the molecule is CC#CCCNC(=O)C1CNc2ccccc2C1. The first-order valence-electron chi connectivity index (χ1n) is 6.30. The minimum atomic E-state index is 0.0227. The smallest absolute Gasteiger partial charge is 0.225 e. The Bertz CT molecular complexity index is 485. The first-order chi connectivity index (χ1) is 8.81. The van der Waals surface area contributed by atoms with Crippen molar-refractivity contribution < 1.29 is 4.79 Å². The molecule has 1 aromatic rings. The van der Waals surface area contributed by atoms with Crippen LogP contribution < -0.4 is 10.6 Å². The number of rotatable bonds is 3. The predicted octanol–water partition coefficient (Wildman–Crippen LogP) is 1.80. The lowest BCUT2D eigenvalue weighted by Crippen LogP contribution is -2.38. The zero-order valence-electron chi connectivity index (χ0n) is 10.6. The van der Waals surface area contributed by atoms with Crippen molar-refractivity contribution in [3.8, 4) is 11.8 Å². The Kier molecular flexibility index (Phi) is 4.25. The third-order valence-corrected chi connectivity index (χ3v) is 3.12.